The number of benzene rings is 1. The van der Waals surface area contributed by atoms with Crippen LogP contribution in [0.3, 0.4) is 0 Å². The van der Waals surface area contributed by atoms with Crippen LogP contribution in [0.5, 0.6) is 0 Å². The van der Waals surface area contributed by atoms with Gasteiger partial charge in [0.15, 0.2) is 0 Å². The molecule has 0 aliphatic rings. The maximum Gasteiger partial charge on any atom is 0.251 e. The Balaban J connectivity index is 2.63. The summed E-state index contributed by atoms with van der Waals surface area (Å²) in [4.78, 5) is 23.4. The number of hydrogen-bond acceptors (Lipinski definition) is 3. The highest BCUT2D eigenvalue weighted by Gasteiger charge is 2.08. The first-order valence-corrected chi connectivity index (χ1v) is 6.93. The van der Waals surface area contributed by atoms with Crippen molar-refractivity contribution in [3.63, 3.8) is 0 Å². The smallest absolute Gasteiger partial charge is 0.251 e. The Hall–Kier alpha value is -2.32. The monoisotopic (exact) mass is 287 g/mol. The van der Waals surface area contributed by atoms with Crippen LogP contribution in [0, 0.1) is 18.8 Å². The summed E-state index contributed by atoms with van der Waals surface area (Å²) in [6.07, 6.45) is 0.865. The summed E-state index contributed by atoms with van der Waals surface area (Å²) >= 11 is 0. The largest absolute Gasteiger partial charge is 0.355 e. The number of carbonyl (C=O) groups is 2. The quantitative estimate of drug-likeness (QED) is 0.692. The van der Waals surface area contributed by atoms with E-state index in [9.17, 15) is 9.59 Å². The van der Waals surface area contributed by atoms with E-state index in [4.69, 9.17) is 5.73 Å². The molecule has 5 nitrogen and oxygen atoms in total. The van der Waals surface area contributed by atoms with Gasteiger partial charge in [0.2, 0.25) is 5.91 Å². The minimum absolute atomic E-state index is 0.0212. The van der Waals surface area contributed by atoms with Crippen LogP contribution in [0.1, 0.15) is 34.8 Å². The molecule has 0 radical (unpaired) electrons. The minimum Gasteiger partial charge on any atom is -0.355 e. The molecule has 0 bridgehead atoms. The van der Waals surface area contributed by atoms with Gasteiger partial charge in [-0.15, -0.1) is 0 Å². The van der Waals surface area contributed by atoms with Gasteiger partial charge in [-0.1, -0.05) is 18.8 Å². The third-order valence-electron chi connectivity index (χ3n) is 2.80. The summed E-state index contributed by atoms with van der Waals surface area (Å²) in [5.41, 5.74) is 7.59. The number of nitrogens with two attached hydrogens (primary N) is 1. The molecule has 1 rings (SSSR count). The third-order valence-corrected chi connectivity index (χ3v) is 2.80. The number of carbonyl (C=O) groups excluding carboxylic acids is 2. The molecule has 4 N–H and O–H groups in total. The maximum atomic E-state index is 12.0. The summed E-state index contributed by atoms with van der Waals surface area (Å²) in [7, 11) is 0. The van der Waals surface area contributed by atoms with Crippen molar-refractivity contribution in [1.82, 2.24) is 10.6 Å². The Kier molecular flexibility index (Phi) is 6.99. The van der Waals surface area contributed by atoms with Crippen molar-refractivity contribution < 1.29 is 9.59 Å². The Morgan fingerprint density at radius 3 is 2.67 bits per heavy atom. The van der Waals surface area contributed by atoms with Crippen LogP contribution < -0.4 is 16.4 Å². The van der Waals surface area contributed by atoms with Crippen LogP contribution in [0.4, 0.5) is 0 Å². The van der Waals surface area contributed by atoms with Gasteiger partial charge in [-0.05, 0) is 37.1 Å². The highest BCUT2D eigenvalue weighted by atomic mass is 16.2. The molecule has 0 atom stereocenters. The zero-order chi connectivity index (χ0) is 15.7. The van der Waals surface area contributed by atoms with Crippen LogP contribution in [-0.4, -0.2) is 31.4 Å². The van der Waals surface area contributed by atoms with Gasteiger partial charge in [-0.2, -0.15) is 0 Å². The first-order valence-electron chi connectivity index (χ1n) is 6.93. The van der Waals surface area contributed by atoms with E-state index in [1.807, 2.05) is 13.8 Å². The predicted octanol–water partition coefficient (Wildman–Crippen LogP) is 0.561. The number of hydrogen-bond donors (Lipinski definition) is 3. The van der Waals surface area contributed by atoms with Gasteiger partial charge in [0.1, 0.15) is 0 Å². The van der Waals surface area contributed by atoms with Gasteiger partial charge in [-0.3, -0.25) is 9.59 Å². The Morgan fingerprint density at radius 2 is 2.05 bits per heavy atom. The van der Waals surface area contributed by atoms with Gasteiger partial charge in [0, 0.05) is 17.7 Å². The molecule has 0 aliphatic heterocycles. The molecule has 0 unspecified atom stereocenters. The molecular weight excluding hydrogens is 266 g/mol. The summed E-state index contributed by atoms with van der Waals surface area (Å²) in [5, 5.41) is 5.29. The number of amides is 2. The highest BCUT2D eigenvalue weighted by molar-refractivity contribution is 5.96. The van der Waals surface area contributed by atoms with Crippen LogP contribution in [0.2, 0.25) is 0 Å². The summed E-state index contributed by atoms with van der Waals surface area (Å²) in [5.74, 6) is 5.26. The van der Waals surface area contributed by atoms with E-state index < -0.39 is 0 Å². The minimum atomic E-state index is -0.275. The number of aryl methyl sites for hydroxylation is 1. The molecule has 0 aliphatic carbocycles. The van der Waals surface area contributed by atoms with E-state index in [-0.39, 0.29) is 18.4 Å². The van der Waals surface area contributed by atoms with Crippen LogP contribution in [0.25, 0.3) is 0 Å². The second kappa shape index (κ2) is 8.77. The van der Waals surface area contributed by atoms with Crippen molar-refractivity contribution in [1.29, 1.82) is 0 Å². The van der Waals surface area contributed by atoms with E-state index in [1.54, 1.807) is 18.2 Å². The maximum absolute atomic E-state index is 12.0. The zero-order valence-corrected chi connectivity index (χ0v) is 12.5. The lowest BCUT2D eigenvalue weighted by molar-refractivity contribution is -0.120. The first kappa shape index (κ1) is 16.7. The predicted molar refractivity (Wildman–Crippen MR) is 82.7 cm³/mol. The Morgan fingerprint density at radius 1 is 1.29 bits per heavy atom. The summed E-state index contributed by atoms with van der Waals surface area (Å²) < 4.78 is 0. The topological polar surface area (TPSA) is 84.2 Å². The van der Waals surface area contributed by atoms with E-state index in [0.717, 1.165) is 17.5 Å². The second-order valence-corrected chi connectivity index (χ2v) is 4.57. The lowest BCUT2D eigenvalue weighted by Gasteiger charge is -2.07. The lowest BCUT2D eigenvalue weighted by Crippen LogP contribution is -2.37. The summed E-state index contributed by atoms with van der Waals surface area (Å²) in [6.45, 7) is 4.74. The molecular formula is C16H21N3O2. The fraction of sp³-hybridized carbons (Fsp3) is 0.375. The zero-order valence-electron chi connectivity index (χ0n) is 12.5. The van der Waals surface area contributed by atoms with Gasteiger partial charge in [0.25, 0.3) is 5.91 Å². The van der Waals surface area contributed by atoms with Gasteiger partial charge >= 0.3 is 0 Å². The van der Waals surface area contributed by atoms with Gasteiger partial charge in [0.05, 0.1) is 13.1 Å². The van der Waals surface area contributed by atoms with E-state index in [2.05, 4.69) is 22.5 Å². The van der Waals surface area contributed by atoms with E-state index >= 15 is 0 Å². The molecule has 0 fully saturated rings. The third kappa shape index (κ3) is 5.67. The molecule has 0 saturated carbocycles. The molecule has 2 amide bonds. The summed E-state index contributed by atoms with van der Waals surface area (Å²) in [6, 6.07) is 5.22. The number of nitrogens with one attached hydrogen (secondary N) is 2. The second-order valence-electron chi connectivity index (χ2n) is 4.57. The highest BCUT2D eigenvalue weighted by Crippen LogP contribution is 2.10. The molecule has 0 heterocycles. The van der Waals surface area contributed by atoms with Crippen molar-refractivity contribution in [3.05, 3.63) is 34.9 Å². The van der Waals surface area contributed by atoms with Crippen molar-refractivity contribution in [3.8, 4) is 11.8 Å². The SMILES string of the molecule is CCCNC(=O)CNC(=O)c1ccc(C#CCN)c(C)c1. The Labute approximate surface area is 125 Å². The lowest BCUT2D eigenvalue weighted by atomic mass is 10.0. The molecule has 21 heavy (non-hydrogen) atoms. The average molecular weight is 287 g/mol. The van der Waals surface area contributed by atoms with Crippen LogP contribution in [0.15, 0.2) is 18.2 Å². The van der Waals surface area contributed by atoms with Crippen molar-refractivity contribution in [2.75, 3.05) is 19.6 Å². The van der Waals surface area contributed by atoms with E-state index in [0.29, 0.717) is 18.7 Å². The van der Waals surface area contributed by atoms with Crippen molar-refractivity contribution in [2.24, 2.45) is 5.73 Å². The molecule has 0 saturated heterocycles. The van der Waals surface area contributed by atoms with Crippen LogP contribution in [-0.2, 0) is 4.79 Å². The van der Waals surface area contributed by atoms with Crippen molar-refractivity contribution >= 4 is 11.8 Å². The normalized spacial score (nSPS) is 9.48. The molecule has 1 aromatic carbocycles. The molecule has 0 aromatic heterocycles. The fourth-order valence-electron chi connectivity index (χ4n) is 1.68. The molecule has 112 valence electrons. The average Bonchev–Trinajstić information content (AvgIpc) is 2.49. The molecule has 1 aromatic rings. The molecule has 0 spiro atoms. The van der Waals surface area contributed by atoms with Gasteiger partial charge < -0.3 is 16.4 Å². The fourth-order valence-corrected chi connectivity index (χ4v) is 1.68. The van der Waals surface area contributed by atoms with Crippen molar-refractivity contribution in [2.45, 2.75) is 20.3 Å². The number of rotatable bonds is 5. The van der Waals surface area contributed by atoms with E-state index in [1.165, 1.54) is 0 Å². The van der Waals surface area contributed by atoms with Gasteiger partial charge in [-0.25, -0.2) is 0 Å². The molecule has 5 heteroatoms. The standard InChI is InChI=1S/C16H21N3O2/c1-3-9-18-15(20)11-19-16(21)14-7-6-13(5-4-8-17)12(2)10-14/h6-7,10H,3,8-9,11,17H2,1-2H3,(H,18,20)(H,19,21). The van der Waals surface area contributed by atoms with Crippen LogP contribution >= 0.6 is 0 Å². The Bertz CT molecular complexity index is 571. The first-order chi connectivity index (χ1) is 10.1.